The molecule has 7 nitrogen and oxygen atoms in total. The highest BCUT2D eigenvalue weighted by Gasteiger charge is 2.49. The number of hydrogen-bond donors (Lipinski definition) is 2. The number of halogens is 4. The molecule has 2 heterocycles. The van der Waals surface area contributed by atoms with E-state index in [4.69, 9.17) is 55.9 Å². The maximum absolute atomic E-state index is 14.1. The predicted molar refractivity (Wildman–Crippen MR) is 204 cm³/mol. The van der Waals surface area contributed by atoms with Crippen LogP contribution in [0, 0.1) is 20.8 Å². The van der Waals surface area contributed by atoms with Crippen LogP contribution in [0.5, 0.6) is 5.75 Å². The summed E-state index contributed by atoms with van der Waals surface area (Å²) in [5, 5.41) is 7.23. The lowest BCUT2D eigenvalue weighted by Crippen LogP contribution is -2.64. The number of alkyl halides is 3. The molecule has 2 atom stereocenters. The molecule has 0 spiro atoms. The molecule has 1 fully saturated rings. The second kappa shape index (κ2) is 16.2. The first-order chi connectivity index (χ1) is 23.7. The van der Waals surface area contributed by atoms with Gasteiger partial charge >= 0.3 is 6.09 Å². The summed E-state index contributed by atoms with van der Waals surface area (Å²) in [5.41, 5.74) is 6.60. The van der Waals surface area contributed by atoms with Gasteiger partial charge in [-0.25, -0.2) is 4.79 Å². The number of aryl methyl sites for hydroxylation is 3. The minimum Gasteiger partial charge on any atom is -0.493 e. The average Bonchev–Trinajstić information content (AvgIpc) is 3.06. The first-order valence-electron chi connectivity index (χ1n) is 17.0. The molecule has 50 heavy (non-hydrogen) atoms. The van der Waals surface area contributed by atoms with Gasteiger partial charge in [0.25, 0.3) is 0 Å². The summed E-state index contributed by atoms with van der Waals surface area (Å²) in [7, 11) is 0. The van der Waals surface area contributed by atoms with Crippen molar-refractivity contribution in [2.24, 2.45) is 0 Å². The molecule has 11 heteroatoms. The van der Waals surface area contributed by atoms with E-state index in [2.05, 4.69) is 67.8 Å². The largest absolute Gasteiger partial charge is 0.493 e. The molecule has 2 aliphatic rings. The number of piperazine rings is 1. The van der Waals surface area contributed by atoms with Gasteiger partial charge in [-0.3, -0.25) is 9.69 Å². The van der Waals surface area contributed by atoms with Gasteiger partial charge in [-0.05, 0) is 98.9 Å². The summed E-state index contributed by atoms with van der Waals surface area (Å²) >= 11 is 24.8. The van der Waals surface area contributed by atoms with Crippen molar-refractivity contribution in [3.8, 4) is 5.75 Å². The van der Waals surface area contributed by atoms with E-state index in [1.807, 2.05) is 24.3 Å². The highest BCUT2D eigenvalue weighted by atomic mass is 35.6. The summed E-state index contributed by atoms with van der Waals surface area (Å²) in [6.07, 6.45) is 1.97. The number of amides is 2. The third-order valence-corrected chi connectivity index (χ3v) is 11.4. The van der Waals surface area contributed by atoms with E-state index in [-0.39, 0.29) is 11.9 Å². The number of hydrogen-bond acceptors (Lipinski definition) is 5. The summed E-state index contributed by atoms with van der Waals surface area (Å²) in [5.74, 6) is 0.711. The molecule has 0 saturated carbocycles. The van der Waals surface area contributed by atoms with Crippen molar-refractivity contribution in [3.63, 3.8) is 0 Å². The van der Waals surface area contributed by atoms with Crippen molar-refractivity contribution >= 4 is 64.0 Å². The Morgan fingerprint density at radius 2 is 1.64 bits per heavy atom. The van der Waals surface area contributed by atoms with Gasteiger partial charge in [0.05, 0.1) is 18.7 Å². The van der Waals surface area contributed by atoms with Crippen molar-refractivity contribution in [1.29, 1.82) is 0 Å². The van der Waals surface area contributed by atoms with Gasteiger partial charge in [-0.15, -0.1) is 0 Å². The molecule has 1 saturated heterocycles. The number of rotatable bonds is 11. The van der Waals surface area contributed by atoms with Crippen molar-refractivity contribution in [1.82, 2.24) is 15.5 Å². The van der Waals surface area contributed by atoms with Crippen LogP contribution >= 0.6 is 46.4 Å². The Hall–Kier alpha value is -2.94. The number of nitrogens with one attached hydrogen (secondary N) is 2. The topological polar surface area (TPSA) is 79.9 Å². The predicted octanol–water partition coefficient (Wildman–Crippen LogP) is 8.72. The van der Waals surface area contributed by atoms with Gasteiger partial charge in [0.15, 0.2) is 5.60 Å². The van der Waals surface area contributed by atoms with E-state index in [1.54, 1.807) is 18.7 Å². The van der Waals surface area contributed by atoms with Crippen LogP contribution in [0.4, 0.5) is 4.79 Å². The summed E-state index contributed by atoms with van der Waals surface area (Å²) in [6, 6.07) is 19.3. The van der Waals surface area contributed by atoms with E-state index in [9.17, 15) is 9.59 Å². The SMILES string of the molecule is Cc1ccc(C)c(OCCc2ccc(C3=C(C(=O)NCCCc4ccccc4Cl)C4CNCC(C3)N4C(=O)OC(C)(C)C(Cl)(Cl)Cl)cc2)c1C. The number of carbonyl (C=O) groups is 2. The Bertz CT molecular complexity index is 1740. The maximum atomic E-state index is 14.1. The molecule has 0 radical (unpaired) electrons. The van der Waals surface area contributed by atoms with Gasteiger partial charge in [-0.2, -0.15) is 0 Å². The van der Waals surface area contributed by atoms with E-state index in [1.165, 1.54) is 5.56 Å². The van der Waals surface area contributed by atoms with Crippen LogP contribution in [0.25, 0.3) is 5.57 Å². The third kappa shape index (κ3) is 8.74. The minimum atomic E-state index is -1.85. The second-order valence-corrected chi connectivity index (χ2v) is 16.3. The second-order valence-electron chi connectivity index (χ2n) is 13.6. The Morgan fingerprint density at radius 3 is 2.34 bits per heavy atom. The highest BCUT2D eigenvalue weighted by molar-refractivity contribution is 6.68. The molecule has 3 aromatic carbocycles. The fourth-order valence-electron chi connectivity index (χ4n) is 6.53. The fraction of sp³-hybridized carbons (Fsp3) is 0.436. The van der Waals surface area contributed by atoms with Gasteiger partial charge < -0.3 is 20.1 Å². The zero-order chi connectivity index (χ0) is 36.2. The van der Waals surface area contributed by atoms with Gasteiger partial charge in [0, 0.05) is 36.7 Å². The molecule has 0 aliphatic carbocycles. The van der Waals surface area contributed by atoms with Crippen LogP contribution in [0.2, 0.25) is 5.02 Å². The van der Waals surface area contributed by atoms with Crippen LogP contribution in [0.3, 0.4) is 0 Å². The Labute approximate surface area is 315 Å². The van der Waals surface area contributed by atoms with Crippen molar-refractivity contribution < 1.29 is 19.1 Å². The standard InChI is InChI=1S/C39H45Cl4N3O4/c1-24-12-13-25(2)35(26(24)3)49-20-18-27-14-16-28(17-15-27)31-21-30-22-44-23-33(46(30)37(48)50-38(4,5)39(41,42)43)34(31)36(47)45-19-8-10-29-9-6-7-11-32(29)40/h6-7,9,11-17,30,33,44H,8,10,18-23H2,1-5H3,(H,45,47). The molecular formula is C39H45Cl4N3O4. The number of nitrogens with zero attached hydrogens (tertiary/aromatic N) is 1. The first-order valence-corrected chi connectivity index (χ1v) is 18.5. The molecule has 5 rings (SSSR count). The van der Waals surface area contributed by atoms with Crippen molar-refractivity contribution in [2.45, 2.75) is 81.8 Å². The number of carbonyl (C=O) groups excluding carboxylic acids is 2. The zero-order valence-corrected chi connectivity index (χ0v) is 32.2. The quantitative estimate of drug-likeness (QED) is 0.151. The number of benzene rings is 3. The van der Waals surface area contributed by atoms with Crippen LogP contribution in [0.15, 0.2) is 66.2 Å². The Balaban J connectivity index is 1.38. The normalized spacial score (nSPS) is 17.8. The minimum absolute atomic E-state index is 0.230. The first kappa shape index (κ1) is 38.3. The summed E-state index contributed by atoms with van der Waals surface area (Å²) < 4.78 is 10.2. The molecule has 2 unspecified atom stereocenters. The van der Waals surface area contributed by atoms with Crippen LogP contribution in [-0.4, -0.2) is 64.6 Å². The zero-order valence-electron chi connectivity index (χ0n) is 29.2. The van der Waals surface area contributed by atoms with E-state index in [0.717, 1.165) is 52.0 Å². The Morgan fingerprint density at radius 1 is 0.940 bits per heavy atom. The van der Waals surface area contributed by atoms with Gasteiger partial charge in [-0.1, -0.05) is 101 Å². The molecule has 2 amide bonds. The van der Waals surface area contributed by atoms with E-state index in [0.29, 0.717) is 49.7 Å². The molecule has 0 aromatic heterocycles. The molecule has 2 bridgehead atoms. The summed E-state index contributed by atoms with van der Waals surface area (Å²) in [4.78, 5) is 29.5. The van der Waals surface area contributed by atoms with Gasteiger partial charge in [0.1, 0.15) is 5.75 Å². The third-order valence-electron chi connectivity index (χ3n) is 9.70. The number of fused-ring (bicyclic) bond motifs is 2. The average molecular weight is 762 g/mol. The van der Waals surface area contributed by atoms with Crippen LogP contribution < -0.4 is 15.4 Å². The maximum Gasteiger partial charge on any atom is 0.411 e. The Kier molecular flexibility index (Phi) is 12.4. The fourth-order valence-corrected chi connectivity index (χ4v) is 6.88. The summed E-state index contributed by atoms with van der Waals surface area (Å²) in [6.45, 7) is 11.2. The molecule has 2 aliphatic heterocycles. The molecular weight excluding hydrogens is 716 g/mol. The smallest absolute Gasteiger partial charge is 0.411 e. The van der Waals surface area contributed by atoms with Crippen LogP contribution in [-0.2, 0) is 22.4 Å². The molecule has 268 valence electrons. The highest BCUT2D eigenvalue weighted by Crippen LogP contribution is 2.42. The lowest BCUT2D eigenvalue weighted by atomic mass is 9.82. The van der Waals surface area contributed by atoms with E-state index < -0.39 is 21.5 Å². The lowest BCUT2D eigenvalue weighted by molar-refractivity contribution is -0.118. The monoisotopic (exact) mass is 759 g/mol. The molecule has 3 aromatic rings. The van der Waals surface area contributed by atoms with Crippen molar-refractivity contribution in [2.75, 3.05) is 26.2 Å². The van der Waals surface area contributed by atoms with E-state index >= 15 is 0 Å². The van der Waals surface area contributed by atoms with Gasteiger partial charge in [0.2, 0.25) is 9.70 Å². The number of ether oxygens (including phenoxy) is 2. The van der Waals surface area contributed by atoms with Crippen LogP contribution in [0.1, 0.15) is 60.1 Å². The lowest BCUT2D eigenvalue weighted by Gasteiger charge is -2.48. The van der Waals surface area contributed by atoms with Crippen molar-refractivity contribution in [3.05, 3.63) is 105 Å². The molecule has 2 N–H and O–H groups in total.